The lowest BCUT2D eigenvalue weighted by Crippen LogP contribution is -2.26. The first-order valence-electron chi connectivity index (χ1n) is 5.17. The highest BCUT2D eigenvalue weighted by Crippen LogP contribution is 2.16. The first-order chi connectivity index (χ1) is 7.63. The molecular weight excluding hydrogens is 226 g/mol. The van der Waals surface area contributed by atoms with E-state index >= 15 is 0 Å². The fourth-order valence-electron chi connectivity index (χ4n) is 1.26. The van der Waals surface area contributed by atoms with Crippen molar-refractivity contribution in [2.24, 2.45) is 0 Å². The summed E-state index contributed by atoms with van der Waals surface area (Å²) in [6.07, 6.45) is 0.952. The number of hydrogen-bond acceptors (Lipinski definition) is 4. The summed E-state index contributed by atoms with van der Waals surface area (Å²) in [5.74, 6) is -0.858. The van der Waals surface area contributed by atoms with Gasteiger partial charge in [0.1, 0.15) is 4.88 Å². The Labute approximate surface area is 99.2 Å². The maximum absolute atomic E-state index is 10.7. The van der Waals surface area contributed by atoms with Gasteiger partial charge >= 0.3 is 5.97 Å². The van der Waals surface area contributed by atoms with E-state index in [9.17, 15) is 4.79 Å². The number of carboxylic acid groups (broad SMARTS) is 1. The van der Waals surface area contributed by atoms with Crippen molar-refractivity contribution in [1.29, 1.82) is 0 Å². The maximum Gasteiger partial charge on any atom is 0.345 e. The van der Waals surface area contributed by atoms with Crippen molar-refractivity contribution in [3.05, 3.63) is 21.9 Å². The van der Waals surface area contributed by atoms with Crippen LogP contribution < -0.4 is 5.32 Å². The number of aromatic carboxylic acids is 1. The molecule has 5 heteroatoms. The molecule has 0 aliphatic heterocycles. The number of hydrogen-bond donors (Lipinski definition) is 2. The predicted molar refractivity (Wildman–Crippen MR) is 64.1 cm³/mol. The molecule has 16 heavy (non-hydrogen) atoms. The van der Waals surface area contributed by atoms with Gasteiger partial charge in [0, 0.05) is 31.2 Å². The number of carboxylic acids is 1. The normalized spacial score (nSPS) is 12.6. The molecule has 0 saturated carbocycles. The Morgan fingerprint density at radius 3 is 2.94 bits per heavy atom. The summed E-state index contributed by atoms with van der Waals surface area (Å²) in [4.78, 5) is 12.1. The summed E-state index contributed by atoms with van der Waals surface area (Å²) in [5, 5.41) is 12.1. The van der Waals surface area contributed by atoms with E-state index < -0.39 is 5.97 Å². The highest BCUT2D eigenvalue weighted by molar-refractivity contribution is 7.13. The molecule has 1 rings (SSSR count). The zero-order valence-electron chi connectivity index (χ0n) is 9.53. The molecule has 0 aliphatic carbocycles. The number of ether oxygens (including phenoxy) is 1. The van der Waals surface area contributed by atoms with E-state index in [4.69, 9.17) is 9.84 Å². The second-order valence-corrected chi connectivity index (χ2v) is 4.80. The average molecular weight is 243 g/mol. The molecule has 0 radical (unpaired) electrons. The van der Waals surface area contributed by atoms with E-state index in [1.807, 2.05) is 6.07 Å². The van der Waals surface area contributed by atoms with Crippen molar-refractivity contribution in [3.63, 3.8) is 0 Å². The molecule has 1 unspecified atom stereocenters. The fourth-order valence-corrected chi connectivity index (χ4v) is 2.06. The molecule has 0 spiro atoms. The van der Waals surface area contributed by atoms with E-state index in [2.05, 4.69) is 12.2 Å². The van der Waals surface area contributed by atoms with Gasteiger partial charge in [0.25, 0.3) is 0 Å². The van der Waals surface area contributed by atoms with Crippen LogP contribution in [0.4, 0.5) is 0 Å². The minimum atomic E-state index is -0.858. The molecule has 2 N–H and O–H groups in total. The van der Waals surface area contributed by atoms with Crippen LogP contribution in [0.25, 0.3) is 0 Å². The van der Waals surface area contributed by atoms with Crippen molar-refractivity contribution in [1.82, 2.24) is 5.32 Å². The summed E-state index contributed by atoms with van der Waals surface area (Å²) >= 11 is 1.31. The van der Waals surface area contributed by atoms with Crippen molar-refractivity contribution >= 4 is 17.3 Å². The number of carbonyl (C=O) groups is 1. The van der Waals surface area contributed by atoms with Crippen LogP contribution in [0, 0.1) is 0 Å². The van der Waals surface area contributed by atoms with Gasteiger partial charge in [-0.2, -0.15) is 0 Å². The van der Waals surface area contributed by atoms with Gasteiger partial charge in [-0.15, -0.1) is 11.3 Å². The van der Waals surface area contributed by atoms with Gasteiger partial charge in [-0.3, -0.25) is 0 Å². The van der Waals surface area contributed by atoms with Crippen LogP contribution in [0.1, 0.15) is 27.9 Å². The monoisotopic (exact) mass is 243 g/mol. The van der Waals surface area contributed by atoms with Gasteiger partial charge in [-0.05, 0) is 25.5 Å². The molecule has 0 bridgehead atoms. The average Bonchev–Trinajstić information content (AvgIpc) is 2.72. The number of nitrogens with one attached hydrogen (secondary N) is 1. The van der Waals surface area contributed by atoms with Crippen molar-refractivity contribution in [3.8, 4) is 0 Å². The lowest BCUT2D eigenvalue weighted by Gasteiger charge is -2.11. The summed E-state index contributed by atoms with van der Waals surface area (Å²) in [5.41, 5.74) is 0. The van der Waals surface area contributed by atoms with E-state index in [1.54, 1.807) is 13.2 Å². The van der Waals surface area contributed by atoms with E-state index in [0.717, 1.165) is 17.9 Å². The molecule has 0 amide bonds. The van der Waals surface area contributed by atoms with Gasteiger partial charge in [0.05, 0.1) is 0 Å². The van der Waals surface area contributed by atoms with Crippen molar-refractivity contribution in [2.45, 2.75) is 25.9 Å². The Kier molecular flexibility index (Phi) is 5.45. The number of thiophene rings is 1. The maximum atomic E-state index is 10.7. The van der Waals surface area contributed by atoms with Crippen LogP contribution in [-0.4, -0.2) is 30.8 Å². The van der Waals surface area contributed by atoms with Gasteiger partial charge in [0.15, 0.2) is 0 Å². The molecule has 90 valence electrons. The molecule has 4 nitrogen and oxygen atoms in total. The fraction of sp³-hybridized carbons (Fsp3) is 0.545. The first-order valence-corrected chi connectivity index (χ1v) is 5.99. The zero-order valence-corrected chi connectivity index (χ0v) is 10.3. The lowest BCUT2D eigenvalue weighted by atomic mass is 10.2. The molecule has 0 aliphatic rings. The van der Waals surface area contributed by atoms with Gasteiger partial charge in [-0.25, -0.2) is 4.79 Å². The van der Waals surface area contributed by atoms with Gasteiger partial charge in [0.2, 0.25) is 0 Å². The van der Waals surface area contributed by atoms with Gasteiger partial charge < -0.3 is 15.2 Å². The topological polar surface area (TPSA) is 58.6 Å². The van der Waals surface area contributed by atoms with E-state index in [-0.39, 0.29) is 0 Å². The van der Waals surface area contributed by atoms with Crippen LogP contribution in [0.2, 0.25) is 0 Å². The summed E-state index contributed by atoms with van der Waals surface area (Å²) in [6.45, 7) is 3.53. The van der Waals surface area contributed by atoms with Crippen LogP contribution >= 0.6 is 11.3 Å². The van der Waals surface area contributed by atoms with Crippen LogP contribution in [0.3, 0.4) is 0 Å². The summed E-state index contributed by atoms with van der Waals surface area (Å²) in [7, 11) is 1.69. The third kappa shape index (κ3) is 4.30. The summed E-state index contributed by atoms with van der Waals surface area (Å²) < 4.78 is 4.98. The molecule has 0 fully saturated rings. The zero-order chi connectivity index (χ0) is 12.0. The van der Waals surface area contributed by atoms with Crippen molar-refractivity contribution < 1.29 is 14.6 Å². The standard InChI is InChI=1S/C11H17NO3S/c1-8(5-6-15-2)12-7-9-3-4-10(16-9)11(13)14/h3-4,8,12H,5-7H2,1-2H3,(H,13,14). The Balaban J connectivity index is 2.33. The highest BCUT2D eigenvalue weighted by Gasteiger charge is 2.07. The second kappa shape index (κ2) is 6.62. The Bertz CT molecular complexity index is 338. The largest absolute Gasteiger partial charge is 0.477 e. The highest BCUT2D eigenvalue weighted by atomic mass is 32.1. The van der Waals surface area contributed by atoms with E-state index in [0.29, 0.717) is 17.5 Å². The third-order valence-electron chi connectivity index (χ3n) is 2.25. The molecule has 1 heterocycles. The molecule has 1 atom stereocenters. The first kappa shape index (κ1) is 13.2. The summed E-state index contributed by atoms with van der Waals surface area (Å²) in [6, 6.07) is 3.86. The third-order valence-corrected chi connectivity index (χ3v) is 3.33. The number of rotatable bonds is 7. The van der Waals surface area contributed by atoms with Crippen LogP contribution in [0.5, 0.6) is 0 Å². The second-order valence-electron chi connectivity index (χ2n) is 3.63. The van der Waals surface area contributed by atoms with Crippen LogP contribution in [-0.2, 0) is 11.3 Å². The minimum Gasteiger partial charge on any atom is -0.477 e. The van der Waals surface area contributed by atoms with Crippen LogP contribution in [0.15, 0.2) is 12.1 Å². The Hall–Kier alpha value is -0.910. The Morgan fingerprint density at radius 2 is 2.38 bits per heavy atom. The molecule has 1 aromatic heterocycles. The van der Waals surface area contributed by atoms with Crippen molar-refractivity contribution in [2.75, 3.05) is 13.7 Å². The molecule has 1 aromatic rings. The van der Waals surface area contributed by atoms with Gasteiger partial charge in [-0.1, -0.05) is 0 Å². The predicted octanol–water partition coefficient (Wildman–Crippen LogP) is 1.96. The quantitative estimate of drug-likeness (QED) is 0.768. The molecule has 0 saturated heterocycles. The smallest absolute Gasteiger partial charge is 0.345 e. The Morgan fingerprint density at radius 1 is 1.62 bits per heavy atom. The van der Waals surface area contributed by atoms with E-state index in [1.165, 1.54) is 11.3 Å². The number of methoxy groups -OCH3 is 1. The minimum absolute atomic E-state index is 0.371. The molecule has 0 aromatic carbocycles. The lowest BCUT2D eigenvalue weighted by molar-refractivity contribution is 0.0702. The molecular formula is C11H17NO3S. The SMILES string of the molecule is COCCC(C)NCc1ccc(C(=O)O)s1.